The molecule has 0 saturated carbocycles. The summed E-state index contributed by atoms with van der Waals surface area (Å²) in [6, 6.07) is 23.2. The van der Waals surface area contributed by atoms with Crippen LogP contribution >= 0.6 is 11.6 Å². The van der Waals surface area contributed by atoms with Crippen LogP contribution in [0.5, 0.6) is 5.75 Å². The van der Waals surface area contributed by atoms with Gasteiger partial charge in [-0.2, -0.15) is 0 Å². The van der Waals surface area contributed by atoms with Crippen LogP contribution in [-0.2, 0) is 0 Å². The fraction of sp³-hybridized carbons (Fsp3) is 0.241. The van der Waals surface area contributed by atoms with Gasteiger partial charge in [-0.25, -0.2) is 4.79 Å². The smallest absolute Gasteiger partial charge is 0.343 e. The Kier molecular flexibility index (Phi) is 8.61. The van der Waals surface area contributed by atoms with Gasteiger partial charge in [0.15, 0.2) is 11.4 Å². The van der Waals surface area contributed by atoms with Crippen LogP contribution < -0.4 is 10.1 Å². The molecule has 4 rings (SSSR count). The monoisotopic (exact) mass is 519 g/mol. The molecule has 0 saturated heterocycles. The van der Waals surface area contributed by atoms with Crippen molar-refractivity contribution in [2.24, 2.45) is 0 Å². The van der Waals surface area contributed by atoms with Crippen molar-refractivity contribution in [3.8, 4) is 11.4 Å². The van der Waals surface area contributed by atoms with E-state index in [1.807, 2.05) is 62.4 Å². The minimum absolute atomic E-state index is 0.0489. The minimum atomic E-state index is -0.754. The molecule has 2 N–H and O–H groups in total. The maximum absolute atomic E-state index is 13.7. The molecule has 0 fully saturated rings. The Morgan fingerprint density at radius 1 is 1.00 bits per heavy atom. The third kappa shape index (κ3) is 6.02. The number of carbonyl (C=O) groups is 2. The Morgan fingerprint density at radius 3 is 2.41 bits per heavy atom. The molecule has 0 radical (unpaired) electrons. The molecule has 4 aromatic rings. The normalized spacial score (nSPS) is 12.0. The van der Waals surface area contributed by atoms with Crippen LogP contribution in [0.3, 0.4) is 0 Å². The van der Waals surface area contributed by atoms with Crippen molar-refractivity contribution in [3.63, 3.8) is 0 Å². The predicted molar refractivity (Wildman–Crippen MR) is 146 cm³/mol. The van der Waals surface area contributed by atoms with Crippen molar-refractivity contribution in [3.05, 3.63) is 95.1 Å². The van der Waals surface area contributed by atoms with Crippen LogP contribution in [-0.4, -0.2) is 58.7 Å². The van der Waals surface area contributed by atoms with E-state index in [0.29, 0.717) is 22.5 Å². The van der Waals surface area contributed by atoms with E-state index in [-0.39, 0.29) is 23.6 Å². The summed E-state index contributed by atoms with van der Waals surface area (Å²) in [5, 5.41) is 14.4. The van der Waals surface area contributed by atoms with Gasteiger partial charge in [-0.3, -0.25) is 4.79 Å². The van der Waals surface area contributed by atoms with Crippen LogP contribution in [0, 0.1) is 0 Å². The number of ether oxygens (including phenoxy) is 1. The summed E-state index contributed by atoms with van der Waals surface area (Å²) in [6.45, 7) is 6.13. The van der Waals surface area contributed by atoms with Crippen molar-refractivity contribution >= 4 is 34.4 Å². The molecule has 0 bridgehead atoms. The summed E-state index contributed by atoms with van der Waals surface area (Å²) in [4.78, 5) is 28.9. The molecule has 0 aliphatic carbocycles. The number of likely N-dealkylation sites (N-methyl/N-ethyl adjacent to an activating group) is 1. The zero-order valence-corrected chi connectivity index (χ0v) is 21.6. The van der Waals surface area contributed by atoms with Gasteiger partial charge in [0.1, 0.15) is 0 Å². The van der Waals surface area contributed by atoms with Gasteiger partial charge in [0.05, 0.1) is 17.2 Å². The SMILES string of the molecule is CCN(CC)CC(O)CNC(=O)c1c(OC(=O)c2cccc(Cl)c2)c2ccccc2n1-c1ccccc1. The number of nitrogens with zero attached hydrogens (tertiary/aromatic N) is 2. The summed E-state index contributed by atoms with van der Waals surface area (Å²) in [6.07, 6.45) is -0.754. The van der Waals surface area contributed by atoms with Gasteiger partial charge in [-0.15, -0.1) is 0 Å². The first-order valence-electron chi connectivity index (χ1n) is 12.3. The highest BCUT2D eigenvalue weighted by Gasteiger charge is 2.27. The number of rotatable bonds is 10. The van der Waals surface area contributed by atoms with E-state index in [1.54, 1.807) is 28.8 Å². The van der Waals surface area contributed by atoms with E-state index in [2.05, 4.69) is 10.2 Å². The fourth-order valence-corrected chi connectivity index (χ4v) is 4.46. The summed E-state index contributed by atoms with van der Waals surface area (Å²) in [5.41, 5.74) is 1.87. The molecule has 8 heteroatoms. The highest BCUT2D eigenvalue weighted by molar-refractivity contribution is 6.30. The van der Waals surface area contributed by atoms with Crippen LogP contribution in [0.2, 0.25) is 5.02 Å². The molecule has 1 amide bonds. The van der Waals surface area contributed by atoms with Gasteiger partial charge >= 0.3 is 5.97 Å². The van der Waals surface area contributed by atoms with Crippen molar-refractivity contribution in [2.45, 2.75) is 20.0 Å². The van der Waals surface area contributed by atoms with Crippen molar-refractivity contribution < 1.29 is 19.4 Å². The van der Waals surface area contributed by atoms with Gasteiger partial charge in [0, 0.05) is 29.2 Å². The van der Waals surface area contributed by atoms with Gasteiger partial charge in [-0.05, 0) is 55.6 Å². The molecule has 0 aliphatic rings. The first-order chi connectivity index (χ1) is 17.9. The average molecular weight is 520 g/mol. The third-order valence-corrected chi connectivity index (χ3v) is 6.41. The molecule has 0 spiro atoms. The zero-order chi connectivity index (χ0) is 26.4. The molecule has 1 unspecified atom stereocenters. The van der Waals surface area contributed by atoms with E-state index < -0.39 is 18.0 Å². The van der Waals surface area contributed by atoms with E-state index in [0.717, 1.165) is 18.8 Å². The standard InChI is InChI=1S/C29H30ClN3O4/c1-3-32(4-2)19-23(34)18-31-28(35)26-27(37-29(36)20-11-10-12-21(30)17-20)24-15-8-9-16-25(24)33(26)22-13-6-5-7-14-22/h5-17,23,34H,3-4,18-19H2,1-2H3,(H,31,35). The van der Waals surface area contributed by atoms with Gasteiger partial charge in [0.2, 0.25) is 0 Å². The minimum Gasteiger partial charge on any atom is -0.420 e. The molecule has 3 aromatic carbocycles. The number of nitrogens with one attached hydrogen (secondary N) is 1. The number of aromatic nitrogens is 1. The topological polar surface area (TPSA) is 83.8 Å². The predicted octanol–water partition coefficient (Wildman–Crippen LogP) is 4.94. The summed E-state index contributed by atoms with van der Waals surface area (Å²) < 4.78 is 7.65. The number of amides is 1. The number of aliphatic hydroxyl groups excluding tert-OH is 1. The first kappa shape index (κ1) is 26.4. The lowest BCUT2D eigenvalue weighted by Crippen LogP contribution is -2.40. The van der Waals surface area contributed by atoms with E-state index >= 15 is 0 Å². The number of carbonyl (C=O) groups excluding carboxylic acids is 2. The van der Waals surface area contributed by atoms with Crippen LogP contribution in [0.1, 0.15) is 34.7 Å². The maximum atomic E-state index is 13.7. The molecule has 1 heterocycles. The van der Waals surface area contributed by atoms with Gasteiger partial charge < -0.3 is 24.6 Å². The second-order valence-electron chi connectivity index (χ2n) is 8.62. The third-order valence-electron chi connectivity index (χ3n) is 6.17. The number of esters is 1. The first-order valence-corrected chi connectivity index (χ1v) is 12.7. The molecular weight excluding hydrogens is 490 g/mol. The quantitative estimate of drug-likeness (QED) is 0.290. The van der Waals surface area contributed by atoms with Crippen molar-refractivity contribution in [2.75, 3.05) is 26.2 Å². The second-order valence-corrected chi connectivity index (χ2v) is 9.05. The Labute approximate surface area is 221 Å². The van der Waals surface area contributed by atoms with Crippen LogP contribution in [0.25, 0.3) is 16.6 Å². The molecule has 1 aromatic heterocycles. The number of aliphatic hydroxyl groups is 1. The molecule has 192 valence electrons. The van der Waals surface area contributed by atoms with Gasteiger partial charge in [0.25, 0.3) is 5.91 Å². The Balaban J connectivity index is 1.76. The highest BCUT2D eigenvalue weighted by Crippen LogP contribution is 2.36. The number of hydrogen-bond donors (Lipinski definition) is 2. The molecule has 0 aliphatic heterocycles. The zero-order valence-electron chi connectivity index (χ0n) is 20.9. The van der Waals surface area contributed by atoms with E-state index in [4.69, 9.17) is 16.3 Å². The summed E-state index contributed by atoms with van der Waals surface area (Å²) in [7, 11) is 0. The lowest BCUT2D eigenvalue weighted by molar-refractivity contribution is 0.0732. The van der Waals surface area contributed by atoms with E-state index in [1.165, 1.54) is 6.07 Å². The van der Waals surface area contributed by atoms with Crippen LogP contribution in [0.4, 0.5) is 0 Å². The summed E-state index contributed by atoms with van der Waals surface area (Å²) in [5.74, 6) is -0.957. The fourth-order valence-electron chi connectivity index (χ4n) is 4.27. The second kappa shape index (κ2) is 12.1. The molecular formula is C29H30ClN3O4. The number of fused-ring (bicyclic) bond motifs is 1. The number of para-hydroxylation sites is 2. The maximum Gasteiger partial charge on any atom is 0.343 e. The van der Waals surface area contributed by atoms with Crippen LogP contribution in [0.15, 0.2) is 78.9 Å². The Bertz CT molecular complexity index is 1380. The summed E-state index contributed by atoms with van der Waals surface area (Å²) >= 11 is 6.08. The van der Waals surface area contributed by atoms with Crippen molar-refractivity contribution in [1.82, 2.24) is 14.8 Å². The molecule has 7 nitrogen and oxygen atoms in total. The number of halogens is 1. The lowest BCUT2D eigenvalue weighted by Gasteiger charge is -2.22. The molecule has 37 heavy (non-hydrogen) atoms. The number of benzene rings is 3. The average Bonchev–Trinajstić information content (AvgIpc) is 3.24. The Hall–Kier alpha value is -3.65. The molecule has 1 atom stereocenters. The van der Waals surface area contributed by atoms with Gasteiger partial charge in [-0.1, -0.05) is 61.8 Å². The number of hydrogen-bond acceptors (Lipinski definition) is 5. The lowest BCUT2D eigenvalue weighted by atomic mass is 10.2. The van der Waals surface area contributed by atoms with E-state index in [9.17, 15) is 14.7 Å². The highest BCUT2D eigenvalue weighted by atomic mass is 35.5. The largest absolute Gasteiger partial charge is 0.420 e. The Morgan fingerprint density at radius 2 is 1.70 bits per heavy atom. The van der Waals surface area contributed by atoms with Crippen molar-refractivity contribution in [1.29, 1.82) is 0 Å².